The molecule has 2 fully saturated rings. The van der Waals surface area contributed by atoms with Crippen LogP contribution in [0.25, 0.3) is 27.7 Å². The normalized spacial score (nSPS) is 17.8. The predicted octanol–water partition coefficient (Wildman–Crippen LogP) is 4.61. The molecule has 5 aromatic rings. The average Bonchev–Trinajstić information content (AvgIpc) is 3.91. The number of ether oxygens (including phenoxy) is 3. The summed E-state index contributed by atoms with van der Waals surface area (Å²) in [4.78, 5) is 57.0. The van der Waals surface area contributed by atoms with E-state index >= 15 is 0 Å². The van der Waals surface area contributed by atoms with Crippen molar-refractivity contribution in [1.29, 1.82) is 0 Å². The van der Waals surface area contributed by atoms with E-state index in [1.165, 1.54) is 4.90 Å². The Kier molecular flexibility index (Phi) is 16.6. The maximum absolute atomic E-state index is 13.1. The maximum atomic E-state index is 13.1. The number of carbonyl (C=O) groups is 3. The number of anilines is 2. The number of piperidine rings is 1. The van der Waals surface area contributed by atoms with Gasteiger partial charge >= 0.3 is 6.01 Å². The van der Waals surface area contributed by atoms with Crippen molar-refractivity contribution in [2.75, 3.05) is 76.4 Å². The van der Waals surface area contributed by atoms with E-state index in [1.54, 1.807) is 18.4 Å². The van der Waals surface area contributed by atoms with E-state index in [-0.39, 0.29) is 50.1 Å². The minimum Gasteiger partial charge on any atom is -0.463 e. The standard InChI is InChI=1S/C48H63N11O7/c1-30(2)39-26-54-59-45(39)56-48(66-29-32-8-7-15-50-24-32)57-47(59)53-25-34-9-5-6-10-37(34)44-38-12-11-36(22-33(38)13-16-52-44)51-17-19-65-21-20-64-18-14-42(62)55-43(31(3)4)46(63)58-27-35(23-41(49)61)40(60)28-58/h5-6,9-13,16,22,26,30-32,35,40,50-51,60H,7-8,14-15,17-21,23-25,27-29H2,1-4H3,(H2,49,61)(H,53,56,57)/t32?,35?,40-/m0/s1. The number of likely N-dealkylation sites (tertiary alicyclic amines) is 1. The molecule has 6 N–H and O–H groups in total. The summed E-state index contributed by atoms with van der Waals surface area (Å²) in [6.07, 6.45) is 5.07. The number of amides is 3. The Morgan fingerprint density at radius 3 is 2.59 bits per heavy atom. The van der Waals surface area contributed by atoms with E-state index in [1.807, 2.05) is 36.7 Å². The lowest BCUT2D eigenvalue weighted by Gasteiger charge is -2.22. The number of aromatic nitrogens is 5. The fraction of sp³-hybridized carbons (Fsp3) is 0.500. The molecule has 5 heterocycles. The van der Waals surface area contributed by atoms with Gasteiger partial charge in [0.1, 0.15) is 5.71 Å². The Morgan fingerprint density at radius 1 is 1.00 bits per heavy atom. The number of benzene rings is 2. The number of primary amides is 1. The van der Waals surface area contributed by atoms with E-state index in [0.29, 0.717) is 57.4 Å². The number of nitrogens with zero attached hydrogens (tertiary/aromatic N) is 7. The topological polar surface area (TPSA) is 233 Å². The van der Waals surface area contributed by atoms with E-state index in [4.69, 9.17) is 34.9 Å². The first kappa shape index (κ1) is 47.9. The second-order valence-electron chi connectivity index (χ2n) is 17.6. The Hall–Kier alpha value is -6.08. The molecule has 0 aliphatic carbocycles. The first-order chi connectivity index (χ1) is 31.9. The number of aliphatic hydroxyl groups is 1. The lowest BCUT2D eigenvalue weighted by molar-refractivity contribution is -0.125. The smallest absolute Gasteiger partial charge is 0.321 e. The highest BCUT2D eigenvalue weighted by atomic mass is 16.5. The van der Waals surface area contributed by atoms with Gasteiger partial charge in [-0.1, -0.05) is 58.0 Å². The fourth-order valence-corrected chi connectivity index (χ4v) is 8.31. The summed E-state index contributed by atoms with van der Waals surface area (Å²) in [5.41, 5.74) is 11.0. The number of hydrogen-bond donors (Lipinski definition) is 5. The molecule has 66 heavy (non-hydrogen) atoms. The van der Waals surface area contributed by atoms with Gasteiger partial charge in [-0.3, -0.25) is 19.4 Å². The van der Waals surface area contributed by atoms with Crippen LogP contribution in [0.2, 0.25) is 0 Å². The lowest BCUT2D eigenvalue weighted by atomic mass is 9.99. The summed E-state index contributed by atoms with van der Waals surface area (Å²) in [5, 5.41) is 27.4. The van der Waals surface area contributed by atoms with Gasteiger partial charge in [0.2, 0.25) is 17.8 Å². The third kappa shape index (κ3) is 12.4. The van der Waals surface area contributed by atoms with Crippen LogP contribution >= 0.6 is 0 Å². The van der Waals surface area contributed by atoms with Gasteiger partial charge < -0.3 is 45.9 Å². The van der Waals surface area contributed by atoms with Crippen molar-refractivity contribution in [2.45, 2.75) is 71.9 Å². The van der Waals surface area contributed by atoms with Gasteiger partial charge in [-0.15, -0.1) is 0 Å². The molecule has 2 unspecified atom stereocenters. The Morgan fingerprint density at radius 2 is 1.82 bits per heavy atom. The lowest BCUT2D eigenvalue weighted by Crippen LogP contribution is -2.38. The first-order valence-corrected chi connectivity index (χ1v) is 23.0. The first-order valence-electron chi connectivity index (χ1n) is 23.0. The number of aliphatic hydroxyl groups excluding tert-OH is 1. The number of β-amino-alcohol motifs (C(OH)–C–C–N with tert-alkyl or cyclic N) is 1. The Bertz CT molecular complexity index is 2490. The summed E-state index contributed by atoms with van der Waals surface area (Å²) >= 11 is 0. The minimum atomic E-state index is -0.858. The van der Waals surface area contributed by atoms with Crippen molar-refractivity contribution >= 4 is 51.5 Å². The zero-order valence-corrected chi connectivity index (χ0v) is 38.4. The number of nitrogens with one attached hydrogen (secondary N) is 3. The second kappa shape index (κ2) is 22.9. The zero-order chi connectivity index (χ0) is 46.6. The highest BCUT2D eigenvalue weighted by Gasteiger charge is 2.37. The molecule has 18 heteroatoms. The van der Waals surface area contributed by atoms with E-state index in [2.05, 4.69) is 64.2 Å². The van der Waals surface area contributed by atoms with Gasteiger partial charge in [0.15, 0.2) is 5.65 Å². The molecule has 2 aromatic carbocycles. The SMILES string of the molecule is CC(C)C(=NC(=O)CCOCCOCCNc1ccc2c(-c3ccccc3CNc3nc(OCC4CCCNC4)nc4c(C(C)C)cnn34)nccc2c1)C(=O)N1CC(CC(N)=O)[C@@H](O)C1. The van der Waals surface area contributed by atoms with E-state index in [0.717, 1.165) is 70.4 Å². The molecule has 7 rings (SSSR count). The molecule has 352 valence electrons. The quantitative estimate of drug-likeness (QED) is 0.0472. The maximum Gasteiger partial charge on any atom is 0.321 e. The molecule has 3 amide bonds. The summed E-state index contributed by atoms with van der Waals surface area (Å²) in [6, 6.07) is 16.8. The van der Waals surface area contributed by atoms with Crippen molar-refractivity contribution < 1.29 is 33.7 Å². The minimum absolute atomic E-state index is 0.00659. The van der Waals surface area contributed by atoms with Crippen molar-refractivity contribution in [3.63, 3.8) is 0 Å². The predicted molar refractivity (Wildman–Crippen MR) is 252 cm³/mol. The Labute approximate surface area is 385 Å². The van der Waals surface area contributed by atoms with Crippen LogP contribution < -0.4 is 26.4 Å². The summed E-state index contributed by atoms with van der Waals surface area (Å²) in [7, 11) is 0. The second-order valence-corrected chi connectivity index (χ2v) is 17.6. The molecule has 0 spiro atoms. The van der Waals surface area contributed by atoms with Crippen LogP contribution in [0.15, 0.2) is 65.9 Å². The van der Waals surface area contributed by atoms with Gasteiger partial charge in [-0.2, -0.15) is 19.6 Å². The number of carbonyl (C=O) groups excluding carboxylic acids is 3. The van der Waals surface area contributed by atoms with Crippen LogP contribution in [0.4, 0.5) is 11.6 Å². The van der Waals surface area contributed by atoms with Crippen LogP contribution in [0.1, 0.15) is 70.4 Å². The van der Waals surface area contributed by atoms with E-state index in [9.17, 15) is 19.5 Å². The molecular weight excluding hydrogens is 843 g/mol. The molecule has 18 nitrogen and oxygen atoms in total. The number of fused-ring (bicyclic) bond motifs is 2. The monoisotopic (exact) mass is 905 g/mol. The molecule has 3 atom stereocenters. The number of nitrogens with two attached hydrogens (primary N) is 1. The van der Waals surface area contributed by atoms with E-state index < -0.39 is 29.7 Å². The van der Waals surface area contributed by atoms with Crippen molar-refractivity contribution in [3.05, 3.63) is 72.1 Å². The Balaban J connectivity index is 0.880. The van der Waals surface area contributed by atoms with Crippen molar-refractivity contribution in [3.8, 4) is 17.3 Å². The molecule has 2 aliphatic heterocycles. The van der Waals surface area contributed by atoms with Gasteiger partial charge in [-0.05, 0) is 54.5 Å². The number of rotatable bonds is 22. The van der Waals surface area contributed by atoms with Crippen LogP contribution in [0.3, 0.4) is 0 Å². The van der Waals surface area contributed by atoms with Crippen LogP contribution in [-0.2, 0) is 30.4 Å². The van der Waals surface area contributed by atoms with Gasteiger partial charge in [0.25, 0.3) is 5.91 Å². The van der Waals surface area contributed by atoms with Crippen molar-refractivity contribution in [1.82, 2.24) is 34.8 Å². The number of hydrogen-bond acceptors (Lipinski definition) is 14. The third-order valence-electron chi connectivity index (χ3n) is 11.9. The highest BCUT2D eigenvalue weighted by molar-refractivity contribution is 6.41. The molecule has 2 saturated heterocycles. The number of pyridine rings is 1. The van der Waals surface area contributed by atoms with Crippen LogP contribution in [-0.4, -0.2) is 130 Å². The molecule has 2 aliphatic rings. The summed E-state index contributed by atoms with van der Waals surface area (Å²) in [5.74, 6) is -0.985. The molecule has 0 radical (unpaired) electrons. The van der Waals surface area contributed by atoms with Crippen LogP contribution in [0.5, 0.6) is 6.01 Å². The zero-order valence-electron chi connectivity index (χ0n) is 38.4. The van der Waals surface area contributed by atoms with Crippen LogP contribution in [0, 0.1) is 17.8 Å². The highest BCUT2D eigenvalue weighted by Crippen LogP contribution is 2.32. The summed E-state index contributed by atoms with van der Waals surface area (Å²) in [6.45, 7) is 12.8. The molecule has 0 saturated carbocycles. The molecule has 3 aromatic heterocycles. The third-order valence-corrected chi connectivity index (χ3v) is 11.9. The van der Waals surface area contributed by atoms with Gasteiger partial charge in [-0.25, -0.2) is 4.99 Å². The fourth-order valence-electron chi connectivity index (χ4n) is 8.31. The average molecular weight is 906 g/mol. The van der Waals surface area contributed by atoms with Crippen molar-refractivity contribution in [2.24, 2.45) is 28.5 Å². The number of aliphatic imine (C=N–C) groups is 1. The largest absolute Gasteiger partial charge is 0.463 e. The summed E-state index contributed by atoms with van der Waals surface area (Å²) < 4.78 is 19.3. The van der Waals surface area contributed by atoms with Gasteiger partial charge in [0.05, 0.1) is 57.4 Å². The van der Waals surface area contributed by atoms with Gasteiger partial charge in [0, 0.05) is 85.3 Å². The molecular formula is C48H63N11O7. The molecule has 0 bridgehead atoms.